The predicted molar refractivity (Wildman–Crippen MR) is 176 cm³/mol. The number of para-hydroxylation sites is 1. The monoisotopic (exact) mass is 707 g/mol. The van der Waals surface area contributed by atoms with Gasteiger partial charge in [-0.05, 0) is 78.3 Å². The van der Waals surface area contributed by atoms with Crippen LogP contribution in [-0.4, -0.2) is 41.7 Å². The number of H-pyrrole nitrogens is 1. The lowest BCUT2D eigenvalue weighted by Gasteiger charge is -2.43. The Bertz CT molecular complexity index is 2030. The lowest BCUT2D eigenvalue weighted by Crippen LogP contribution is -2.42. The average Bonchev–Trinajstić information content (AvgIpc) is 3.82. The highest BCUT2D eigenvalue weighted by Crippen LogP contribution is 2.68. The summed E-state index contributed by atoms with van der Waals surface area (Å²) >= 11 is 2.75. The average molecular weight is 708 g/mol. The van der Waals surface area contributed by atoms with Gasteiger partial charge in [0.1, 0.15) is 11.5 Å². The summed E-state index contributed by atoms with van der Waals surface area (Å²) in [7, 11) is 1.55. The minimum absolute atomic E-state index is 0.00554. The summed E-state index contributed by atoms with van der Waals surface area (Å²) < 4.78 is 50.9. The molecule has 0 radical (unpaired) electrons. The molecule has 0 spiro atoms. The van der Waals surface area contributed by atoms with Crippen LogP contribution >= 0.6 is 23.1 Å². The van der Waals surface area contributed by atoms with E-state index in [1.807, 2.05) is 12.1 Å². The summed E-state index contributed by atoms with van der Waals surface area (Å²) in [6, 6.07) is 18.7. The molecule has 3 aromatic carbocycles. The molecule has 2 aliphatic heterocycles. The van der Waals surface area contributed by atoms with Crippen molar-refractivity contribution in [2.75, 3.05) is 23.9 Å². The maximum atomic E-state index is 14.0. The van der Waals surface area contributed by atoms with E-state index in [4.69, 9.17) is 9.47 Å². The van der Waals surface area contributed by atoms with Crippen LogP contribution in [-0.2, 0) is 20.6 Å². The first-order valence-electron chi connectivity index (χ1n) is 15.6. The number of imide groups is 1. The second kappa shape index (κ2) is 11.8. The topological polar surface area (TPSA) is 118 Å². The quantitative estimate of drug-likeness (QED) is 0.221. The number of nitrogens with one attached hydrogen (secondary N) is 2. The second-order valence-electron chi connectivity index (χ2n) is 12.6. The van der Waals surface area contributed by atoms with Crippen molar-refractivity contribution in [2.45, 2.75) is 28.8 Å². The van der Waals surface area contributed by atoms with Gasteiger partial charge in [0, 0.05) is 16.0 Å². The molecule has 9 nitrogen and oxygen atoms in total. The Morgan fingerprint density at radius 2 is 1.61 bits per heavy atom. The van der Waals surface area contributed by atoms with Crippen molar-refractivity contribution in [3.63, 3.8) is 0 Å². The summed E-state index contributed by atoms with van der Waals surface area (Å²) in [6.45, 7) is -0.506. The normalized spacial score (nSPS) is 26.7. The number of alkyl halides is 3. The van der Waals surface area contributed by atoms with Gasteiger partial charge in [-0.3, -0.25) is 24.1 Å². The molecule has 8 rings (SSSR count). The van der Waals surface area contributed by atoms with Crippen LogP contribution < -0.4 is 24.6 Å². The number of amides is 3. The first kappa shape index (κ1) is 31.7. The van der Waals surface area contributed by atoms with Crippen LogP contribution in [0.1, 0.15) is 28.3 Å². The number of rotatable bonds is 7. The first-order chi connectivity index (χ1) is 23.5. The number of hydrogen-bond acceptors (Lipinski definition) is 8. The van der Waals surface area contributed by atoms with Crippen LogP contribution in [0.4, 0.5) is 24.5 Å². The number of halogens is 3. The van der Waals surface area contributed by atoms with E-state index in [1.54, 1.807) is 55.3 Å². The minimum Gasteiger partial charge on any atom is -0.497 e. The van der Waals surface area contributed by atoms with Crippen LogP contribution in [0.25, 0.3) is 0 Å². The van der Waals surface area contributed by atoms with Crippen molar-refractivity contribution in [3.8, 4) is 11.5 Å². The Morgan fingerprint density at radius 3 is 2.31 bits per heavy atom. The smallest absolute Gasteiger partial charge is 0.418 e. The summed E-state index contributed by atoms with van der Waals surface area (Å²) in [5, 5.41) is 3.07. The van der Waals surface area contributed by atoms with Crippen LogP contribution in [0.3, 0.4) is 0 Å². The standard InChI is InChI=1S/C35H28F3N3O6S2/c1-46-18-12-8-17(9-13-18)41-32(43)27-20-14-21(28(27)33(41)44)29-26(20)25(30-31(48-29)40-34(45)49-30)16-6-10-19(11-7-16)47-15-24(42)39-23-5-3-2-4-22(23)35(36,37)38/h2-13,20-21,25-29H,14-15H2,1H3,(H,39,42)(H,40,45)/t20-,21-,25+,26-,27+,28+,29-/m1/s1. The summed E-state index contributed by atoms with van der Waals surface area (Å²) in [5.74, 6) is -1.35. The number of thiazole rings is 1. The van der Waals surface area contributed by atoms with Crippen LogP contribution in [0.15, 0.2) is 82.6 Å². The number of carbonyl (C=O) groups is 3. The maximum absolute atomic E-state index is 14.0. The Labute approximate surface area is 285 Å². The largest absolute Gasteiger partial charge is 0.497 e. The highest BCUT2D eigenvalue weighted by molar-refractivity contribution is 8.00. The van der Waals surface area contributed by atoms with Crippen molar-refractivity contribution < 1.29 is 37.0 Å². The van der Waals surface area contributed by atoms with Crippen LogP contribution in [0.5, 0.6) is 11.5 Å². The number of thioether (sulfide) groups is 1. The van der Waals surface area contributed by atoms with E-state index in [0.29, 0.717) is 17.2 Å². The zero-order valence-electron chi connectivity index (χ0n) is 25.7. The zero-order valence-corrected chi connectivity index (χ0v) is 27.4. The van der Waals surface area contributed by atoms with Gasteiger partial charge in [-0.1, -0.05) is 35.6 Å². The second-order valence-corrected chi connectivity index (χ2v) is 14.8. The molecule has 4 aromatic rings. The number of nitrogens with zero attached hydrogens (tertiary/aromatic N) is 1. The molecular weight excluding hydrogens is 680 g/mol. The molecule has 7 atom stereocenters. The Balaban J connectivity index is 1.03. The Morgan fingerprint density at radius 1 is 0.939 bits per heavy atom. The van der Waals surface area contributed by atoms with E-state index in [0.717, 1.165) is 39.3 Å². The third kappa shape index (κ3) is 5.23. The van der Waals surface area contributed by atoms with Crippen molar-refractivity contribution in [1.82, 2.24) is 4.98 Å². The van der Waals surface area contributed by atoms with E-state index in [2.05, 4.69) is 10.3 Å². The van der Waals surface area contributed by atoms with Gasteiger partial charge in [0.2, 0.25) is 11.8 Å². The molecule has 2 aliphatic carbocycles. The molecule has 14 heteroatoms. The molecule has 3 amide bonds. The summed E-state index contributed by atoms with van der Waals surface area (Å²) in [6.07, 6.45) is -3.88. The molecule has 2 saturated carbocycles. The molecular formula is C35H28F3N3O6S2. The van der Waals surface area contributed by atoms with Gasteiger partial charge >= 0.3 is 11.0 Å². The number of fused-ring (bicyclic) bond motifs is 9. The predicted octanol–water partition coefficient (Wildman–Crippen LogP) is 6.16. The maximum Gasteiger partial charge on any atom is 0.418 e. The third-order valence-corrected chi connectivity index (χ3v) is 12.8. The fraction of sp³-hybridized carbons (Fsp3) is 0.314. The fourth-order valence-electron chi connectivity index (χ4n) is 8.32. The molecule has 49 heavy (non-hydrogen) atoms. The fourth-order valence-corrected chi connectivity index (χ4v) is 11.2. The first-order valence-corrected chi connectivity index (χ1v) is 17.3. The van der Waals surface area contributed by atoms with Crippen molar-refractivity contribution >= 4 is 52.2 Å². The lowest BCUT2D eigenvalue weighted by atomic mass is 9.68. The minimum atomic E-state index is -4.62. The highest BCUT2D eigenvalue weighted by atomic mass is 32.2. The zero-order chi connectivity index (χ0) is 34.2. The number of aromatic nitrogens is 1. The van der Waals surface area contributed by atoms with Gasteiger partial charge in [-0.25, -0.2) is 0 Å². The number of carbonyl (C=O) groups excluding carboxylic acids is 3. The Hall–Kier alpha value is -4.56. The molecule has 1 saturated heterocycles. The number of methoxy groups -OCH3 is 1. The third-order valence-electron chi connectivity index (χ3n) is 10.2. The van der Waals surface area contributed by atoms with Crippen molar-refractivity contribution in [1.29, 1.82) is 0 Å². The SMILES string of the molecule is COc1ccc(N2C(=O)[C@H]3[C@H]4C[C@@H]([C@@H]3C2=O)[C@@H]2[C@H](c3ccc(OCC(=O)Nc5ccccc5C(F)(F)F)cc3)c3sc(=O)[nH]c3S[C@H]42)cc1. The van der Waals surface area contributed by atoms with Crippen LogP contribution in [0.2, 0.25) is 0 Å². The molecule has 2 N–H and O–H groups in total. The number of aromatic amines is 1. The molecule has 3 heterocycles. The highest BCUT2D eigenvalue weighted by Gasteiger charge is 2.69. The van der Waals surface area contributed by atoms with E-state index in [9.17, 15) is 32.3 Å². The van der Waals surface area contributed by atoms with Gasteiger partial charge in [0.15, 0.2) is 6.61 Å². The van der Waals surface area contributed by atoms with Gasteiger partial charge in [0.25, 0.3) is 5.91 Å². The Kier molecular flexibility index (Phi) is 7.63. The van der Waals surface area contributed by atoms with Gasteiger partial charge in [0.05, 0.1) is 40.9 Å². The van der Waals surface area contributed by atoms with Gasteiger partial charge < -0.3 is 19.8 Å². The van der Waals surface area contributed by atoms with Gasteiger partial charge in [-0.15, -0.1) is 11.8 Å². The van der Waals surface area contributed by atoms with Crippen molar-refractivity contribution in [2.24, 2.45) is 29.6 Å². The molecule has 1 aromatic heterocycles. The van der Waals surface area contributed by atoms with E-state index in [1.165, 1.54) is 23.1 Å². The molecule has 2 bridgehead atoms. The van der Waals surface area contributed by atoms with Crippen molar-refractivity contribution in [3.05, 3.63) is 98.5 Å². The van der Waals surface area contributed by atoms with E-state index in [-0.39, 0.29) is 51.3 Å². The van der Waals surface area contributed by atoms with Crippen LogP contribution in [0, 0.1) is 29.6 Å². The molecule has 252 valence electrons. The van der Waals surface area contributed by atoms with E-state index >= 15 is 0 Å². The molecule has 3 fully saturated rings. The number of benzene rings is 3. The molecule has 0 unspecified atom stereocenters. The van der Waals surface area contributed by atoms with Gasteiger partial charge in [-0.2, -0.15) is 13.2 Å². The number of anilines is 2. The molecule has 4 aliphatic rings. The summed E-state index contributed by atoms with van der Waals surface area (Å²) in [5.41, 5.74) is 0.115. The number of hydrogen-bond donors (Lipinski definition) is 2. The number of ether oxygens (including phenoxy) is 2. The summed E-state index contributed by atoms with van der Waals surface area (Å²) in [4.78, 5) is 57.9. The van der Waals surface area contributed by atoms with E-state index < -0.39 is 36.1 Å². The lowest BCUT2D eigenvalue weighted by molar-refractivity contribution is -0.137.